The van der Waals surface area contributed by atoms with Crippen molar-refractivity contribution in [1.29, 1.82) is 0 Å². The van der Waals surface area contributed by atoms with E-state index in [1.807, 2.05) is 18.2 Å². The molecule has 3 heteroatoms. The molecule has 2 nitrogen and oxygen atoms in total. The zero-order valence-corrected chi connectivity index (χ0v) is 13.1. The van der Waals surface area contributed by atoms with Crippen LogP contribution in [-0.4, -0.2) is 11.2 Å². The molecule has 104 valence electrons. The van der Waals surface area contributed by atoms with Gasteiger partial charge in [-0.1, -0.05) is 72.4 Å². The molecule has 1 amide bonds. The predicted molar refractivity (Wildman–Crippen MR) is 82.3 cm³/mol. The lowest BCUT2D eigenvalue weighted by Crippen LogP contribution is -2.42. The molecule has 0 spiro atoms. The van der Waals surface area contributed by atoms with Crippen molar-refractivity contribution >= 4 is 21.8 Å². The average molecular weight is 324 g/mol. The summed E-state index contributed by atoms with van der Waals surface area (Å²) in [6.07, 6.45) is 5.65. The van der Waals surface area contributed by atoms with Crippen LogP contribution < -0.4 is 5.32 Å². The number of hydrogen-bond donors (Lipinski definition) is 1. The van der Waals surface area contributed by atoms with Crippen LogP contribution in [0, 0.1) is 5.41 Å². The molecular formula is C16H22BrNO. The third-order valence-corrected chi connectivity index (χ3v) is 4.81. The Balaban J connectivity index is 2.04. The summed E-state index contributed by atoms with van der Waals surface area (Å²) < 4.78 is 0. The summed E-state index contributed by atoms with van der Waals surface area (Å²) in [7, 11) is 0. The van der Waals surface area contributed by atoms with Gasteiger partial charge in [0.05, 0.1) is 6.04 Å². The van der Waals surface area contributed by atoms with Crippen molar-refractivity contribution in [2.75, 3.05) is 5.33 Å². The molecule has 0 bridgehead atoms. The van der Waals surface area contributed by atoms with E-state index in [0.717, 1.165) is 23.7 Å². The molecule has 0 radical (unpaired) electrons. The minimum Gasteiger partial charge on any atom is -0.348 e. The smallest absolute Gasteiger partial charge is 0.226 e. The number of nitrogens with one attached hydrogen (secondary N) is 1. The second-order valence-electron chi connectivity index (χ2n) is 5.71. The van der Waals surface area contributed by atoms with Gasteiger partial charge in [0.25, 0.3) is 0 Å². The Kier molecular flexibility index (Phi) is 5.03. The van der Waals surface area contributed by atoms with Crippen molar-refractivity contribution < 1.29 is 4.79 Å². The lowest BCUT2D eigenvalue weighted by molar-refractivity contribution is -0.132. The highest BCUT2D eigenvalue weighted by Gasteiger charge is 2.35. The van der Waals surface area contributed by atoms with Gasteiger partial charge in [-0.25, -0.2) is 0 Å². The normalized spacial score (nSPS) is 19.7. The lowest BCUT2D eigenvalue weighted by Gasteiger charge is -2.33. The van der Waals surface area contributed by atoms with E-state index in [-0.39, 0.29) is 17.4 Å². The second-order valence-corrected chi connectivity index (χ2v) is 6.36. The third kappa shape index (κ3) is 3.59. The van der Waals surface area contributed by atoms with Gasteiger partial charge in [0.1, 0.15) is 0 Å². The molecule has 1 aromatic carbocycles. The van der Waals surface area contributed by atoms with Crippen LogP contribution in [-0.2, 0) is 4.79 Å². The summed E-state index contributed by atoms with van der Waals surface area (Å²) >= 11 is 3.51. The number of alkyl halides is 1. The van der Waals surface area contributed by atoms with Crippen LogP contribution >= 0.6 is 15.9 Å². The van der Waals surface area contributed by atoms with Crippen LogP contribution in [0.4, 0.5) is 0 Å². The summed E-state index contributed by atoms with van der Waals surface area (Å²) in [5.74, 6) is 0.209. The molecule has 1 saturated carbocycles. The molecule has 1 fully saturated rings. The Labute approximate surface area is 124 Å². The van der Waals surface area contributed by atoms with Crippen LogP contribution in [0.2, 0.25) is 0 Å². The summed E-state index contributed by atoms with van der Waals surface area (Å²) in [6.45, 7) is 2.11. The molecule has 0 heterocycles. The minimum atomic E-state index is -0.173. The van der Waals surface area contributed by atoms with Crippen LogP contribution in [0.25, 0.3) is 0 Å². The molecule has 1 aromatic rings. The Bertz CT molecular complexity index is 412. The fourth-order valence-corrected chi connectivity index (χ4v) is 3.32. The number of carbonyl (C=O) groups excluding carboxylic acids is 1. The molecule has 1 unspecified atom stereocenters. The van der Waals surface area contributed by atoms with Gasteiger partial charge in [-0.05, 0) is 18.4 Å². The molecule has 0 aliphatic heterocycles. The number of benzene rings is 1. The summed E-state index contributed by atoms with van der Waals surface area (Å²) in [6, 6.07) is 10.2. The van der Waals surface area contributed by atoms with Gasteiger partial charge in [0.15, 0.2) is 0 Å². The van der Waals surface area contributed by atoms with Crippen molar-refractivity contribution in [3.05, 3.63) is 35.9 Å². The fraction of sp³-hybridized carbons (Fsp3) is 0.562. The first-order valence-corrected chi connectivity index (χ1v) is 8.20. The maximum atomic E-state index is 12.5. The van der Waals surface area contributed by atoms with Gasteiger partial charge in [-0.3, -0.25) is 4.79 Å². The quantitative estimate of drug-likeness (QED) is 0.826. The maximum absolute atomic E-state index is 12.5. The molecule has 2 rings (SSSR count). The monoisotopic (exact) mass is 323 g/mol. The van der Waals surface area contributed by atoms with E-state index >= 15 is 0 Å². The van der Waals surface area contributed by atoms with Crippen LogP contribution in [0.15, 0.2) is 30.3 Å². The van der Waals surface area contributed by atoms with Gasteiger partial charge in [-0.2, -0.15) is 0 Å². The number of amides is 1. The number of hydrogen-bond acceptors (Lipinski definition) is 1. The molecule has 0 aromatic heterocycles. The first-order valence-electron chi connectivity index (χ1n) is 7.07. The largest absolute Gasteiger partial charge is 0.348 e. The lowest BCUT2D eigenvalue weighted by atomic mass is 9.75. The Morgan fingerprint density at radius 1 is 1.26 bits per heavy atom. The number of carbonyl (C=O) groups is 1. The average Bonchev–Trinajstić information content (AvgIpc) is 2.46. The van der Waals surface area contributed by atoms with Gasteiger partial charge in [0, 0.05) is 10.7 Å². The van der Waals surface area contributed by atoms with Crippen LogP contribution in [0.3, 0.4) is 0 Å². The van der Waals surface area contributed by atoms with E-state index < -0.39 is 0 Å². The zero-order chi connectivity index (χ0) is 13.7. The predicted octanol–water partition coefficient (Wildman–Crippen LogP) is 4.21. The van der Waals surface area contributed by atoms with Crippen molar-refractivity contribution in [3.8, 4) is 0 Å². The molecule has 1 atom stereocenters. The topological polar surface area (TPSA) is 29.1 Å². The second kappa shape index (κ2) is 6.56. The highest BCUT2D eigenvalue weighted by Crippen LogP contribution is 2.36. The van der Waals surface area contributed by atoms with E-state index in [4.69, 9.17) is 0 Å². The van der Waals surface area contributed by atoms with E-state index in [0.29, 0.717) is 0 Å². The van der Waals surface area contributed by atoms with Gasteiger partial charge in [-0.15, -0.1) is 0 Å². The number of rotatable bonds is 4. The molecule has 1 aliphatic carbocycles. The van der Waals surface area contributed by atoms with E-state index in [9.17, 15) is 4.79 Å². The van der Waals surface area contributed by atoms with E-state index in [1.165, 1.54) is 19.3 Å². The number of halogens is 1. The zero-order valence-electron chi connectivity index (χ0n) is 11.5. The highest BCUT2D eigenvalue weighted by molar-refractivity contribution is 9.09. The van der Waals surface area contributed by atoms with Gasteiger partial charge >= 0.3 is 0 Å². The Morgan fingerprint density at radius 3 is 2.47 bits per heavy atom. The van der Waals surface area contributed by atoms with Crippen LogP contribution in [0.5, 0.6) is 0 Å². The van der Waals surface area contributed by atoms with Crippen molar-refractivity contribution in [2.45, 2.75) is 45.1 Å². The first-order chi connectivity index (χ1) is 9.15. The minimum absolute atomic E-state index is 0.0625. The first kappa shape index (κ1) is 14.6. The summed E-state index contributed by atoms with van der Waals surface area (Å²) in [4.78, 5) is 12.5. The van der Waals surface area contributed by atoms with Crippen molar-refractivity contribution in [2.24, 2.45) is 5.41 Å². The summed E-state index contributed by atoms with van der Waals surface area (Å²) in [5, 5.41) is 3.96. The molecule has 19 heavy (non-hydrogen) atoms. The standard InChI is InChI=1S/C16H22BrNO/c1-16(10-6-3-7-11-16)15(19)18-14(12-17)13-8-4-2-5-9-13/h2,4-5,8-9,14H,3,6-7,10-12H2,1H3,(H,18,19). The fourth-order valence-electron chi connectivity index (χ4n) is 2.79. The highest BCUT2D eigenvalue weighted by atomic mass is 79.9. The third-order valence-electron chi connectivity index (χ3n) is 4.17. The van der Waals surface area contributed by atoms with Crippen LogP contribution in [0.1, 0.15) is 50.6 Å². The van der Waals surface area contributed by atoms with E-state index in [2.05, 4.69) is 40.3 Å². The molecule has 1 aliphatic rings. The Hall–Kier alpha value is -0.830. The maximum Gasteiger partial charge on any atom is 0.226 e. The molecule has 0 saturated heterocycles. The van der Waals surface area contributed by atoms with Gasteiger partial charge < -0.3 is 5.32 Å². The van der Waals surface area contributed by atoms with Crippen molar-refractivity contribution in [1.82, 2.24) is 5.32 Å². The van der Waals surface area contributed by atoms with Gasteiger partial charge in [0.2, 0.25) is 5.91 Å². The van der Waals surface area contributed by atoms with Crippen molar-refractivity contribution in [3.63, 3.8) is 0 Å². The summed E-state index contributed by atoms with van der Waals surface area (Å²) in [5.41, 5.74) is 0.986. The molecule has 1 N–H and O–H groups in total. The Morgan fingerprint density at radius 2 is 1.89 bits per heavy atom. The SMILES string of the molecule is CC1(C(=O)NC(CBr)c2ccccc2)CCCCC1. The molecular weight excluding hydrogens is 302 g/mol. The van der Waals surface area contributed by atoms with E-state index in [1.54, 1.807) is 0 Å².